The minimum atomic E-state index is -0.915. The Morgan fingerprint density at radius 3 is 2.58 bits per heavy atom. The molecule has 2 nitrogen and oxygen atoms in total. The van der Waals surface area contributed by atoms with Crippen molar-refractivity contribution in [3.05, 3.63) is 36.0 Å². The first-order chi connectivity index (χ1) is 5.66. The lowest BCUT2D eigenvalue weighted by Gasteiger charge is -1.86. The predicted molar refractivity (Wildman–Crippen MR) is 50.0 cm³/mol. The highest BCUT2D eigenvalue weighted by Crippen LogP contribution is 1.95. The molecule has 0 unspecified atom stereocenters. The zero-order valence-electron chi connectivity index (χ0n) is 7.45. The van der Waals surface area contributed by atoms with Crippen molar-refractivity contribution >= 4 is 5.97 Å². The second-order valence-corrected chi connectivity index (χ2v) is 2.42. The normalized spacial score (nSPS) is 13.0. The second kappa shape index (κ2) is 6.40. The van der Waals surface area contributed by atoms with Gasteiger partial charge >= 0.3 is 5.97 Å². The first-order valence-electron chi connectivity index (χ1n) is 3.91. The lowest BCUT2D eigenvalue weighted by molar-refractivity contribution is -0.131. The molecule has 0 amide bonds. The molecule has 0 aliphatic rings. The fourth-order valence-corrected chi connectivity index (χ4v) is 0.614. The second-order valence-electron chi connectivity index (χ2n) is 2.42. The van der Waals surface area contributed by atoms with Crippen LogP contribution in [0.3, 0.4) is 0 Å². The quantitative estimate of drug-likeness (QED) is 0.514. The van der Waals surface area contributed by atoms with E-state index in [-0.39, 0.29) is 0 Å². The fraction of sp³-hybridized carbons (Fsp3) is 0.300. The van der Waals surface area contributed by atoms with Crippen molar-refractivity contribution in [3.8, 4) is 0 Å². The molecule has 1 N–H and O–H groups in total. The number of hydrogen-bond acceptors (Lipinski definition) is 1. The molecule has 0 spiro atoms. The van der Waals surface area contributed by atoms with Crippen LogP contribution in [-0.2, 0) is 4.79 Å². The van der Waals surface area contributed by atoms with Crippen LogP contribution >= 0.6 is 0 Å². The van der Waals surface area contributed by atoms with Crippen molar-refractivity contribution in [2.45, 2.75) is 20.3 Å². The third kappa shape index (κ3) is 6.81. The van der Waals surface area contributed by atoms with Gasteiger partial charge in [0, 0.05) is 6.08 Å². The molecule has 2 heteroatoms. The molecule has 0 saturated carbocycles. The summed E-state index contributed by atoms with van der Waals surface area (Å²) in [5.41, 5.74) is 0.933. The zero-order valence-corrected chi connectivity index (χ0v) is 7.45. The molecule has 0 aromatic carbocycles. The highest BCUT2D eigenvalue weighted by atomic mass is 16.4. The van der Waals surface area contributed by atoms with Gasteiger partial charge in [-0.3, -0.25) is 0 Å². The van der Waals surface area contributed by atoms with E-state index in [0.717, 1.165) is 18.1 Å². The molecule has 0 saturated heterocycles. The molecule has 0 rings (SSSR count). The zero-order chi connectivity index (χ0) is 9.40. The summed E-state index contributed by atoms with van der Waals surface area (Å²) >= 11 is 0. The van der Waals surface area contributed by atoms with Crippen LogP contribution in [0.1, 0.15) is 20.3 Å². The van der Waals surface area contributed by atoms with Crippen LogP contribution < -0.4 is 0 Å². The van der Waals surface area contributed by atoms with Crippen molar-refractivity contribution in [1.82, 2.24) is 0 Å². The summed E-state index contributed by atoms with van der Waals surface area (Å²) in [4.78, 5) is 10.1. The summed E-state index contributed by atoms with van der Waals surface area (Å²) in [7, 11) is 0. The van der Waals surface area contributed by atoms with Crippen molar-refractivity contribution in [3.63, 3.8) is 0 Å². The summed E-state index contributed by atoms with van der Waals surface area (Å²) in [6.45, 7) is 3.91. The lowest BCUT2D eigenvalue weighted by atomic mass is 10.2. The average Bonchev–Trinajstić information content (AvgIpc) is 2.01. The van der Waals surface area contributed by atoms with Gasteiger partial charge in [-0.25, -0.2) is 4.79 Å². The number of hydrogen-bond donors (Lipinski definition) is 1. The van der Waals surface area contributed by atoms with Gasteiger partial charge in [0.1, 0.15) is 0 Å². The monoisotopic (exact) mass is 166 g/mol. The van der Waals surface area contributed by atoms with Gasteiger partial charge in [0.15, 0.2) is 0 Å². The predicted octanol–water partition coefficient (Wildman–Crippen LogP) is 2.54. The summed E-state index contributed by atoms with van der Waals surface area (Å²) in [6.07, 6.45) is 9.50. The van der Waals surface area contributed by atoms with E-state index in [9.17, 15) is 4.79 Å². The van der Waals surface area contributed by atoms with Gasteiger partial charge in [0.25, 0.3) is 0 Å². The molecule has 0 heterocycles. The van der Waals surface area contributed by atoms with Crippen LogP contribution in [0.4, 0.5) is 0 Å². The number of carbonyl (C=O) groups is 1. The SMILES string of the molecule is CC/C=C/C=C(C)/C=C/C(=O)O. The van der Waals surface area contributed by atoms with Gasteiger partial charge in [-0.15, -0.1) is 0 Å². The Kier molecular flexibility index (Phi) is 5.70. The van der Waals surface area contributed by atoms with Gasteiger partial charge in [-0.1, -0.05) is 36.8 Å². The Hall–Kier alpha value is -1.31. The van der Waals surface area contributed by atoms with Gasteiger partial charge in [-0.2, -0.15) is 0 Å². The molecule has 66 valence electrons. The van der Waals surface area contributed by atoms with Gasteiger partial charge in [-0.05, 0) is 13.3 Å². The third-order valence-electron chi connectivity index (χ3n) is 1.22. The van der Waals surface area contributed by atoms with E-state index >= 15 is 0 Å². The summed E-state index contributed by atoms with van der Waals surface area (Å²) < 4.78 is 0. The van der Waals surface area contributed by atoms with Crippen molar-refractivity contribution in [1.29, 1.82) is 0 Å². The van der Waals surface area contributed by atoms with Crippen molar-refractivity contribution in [2.24, 2.45) is 0 Å². The molecule has 0 radical (unpaired) electrons. The van der Waals surface area contributed by atoms with Gasteiger partial charge in [0.05, 0.1) is 0 Å². The summed E-state index contributed by atoms with van der Waals surface area (Å²) in [5, 5.41) is 8.30. The van der Waals surface area contributed by atoms with E-state index in [1.807, 2.05) is 32.1 Å². The minimum Gasteiger partial charge on any atom is -0.478 e. The fourth-order valence-electron chi connectivity index (χ4n) is 0.614. The van der Waals surface area contributed by atoms with E-state index in [2.05, 4.69) is 0 Å². The number of carboxylic acid groups (broad SMARTS) is 1. The van der Waals surface area contributed by atoms with Crippen LogP contribution in [0.15, 0.2) is 36.0 Å². The molecule has 0 aromatic rings. The summed E-state index contributed by atoms with van der Waals surface area (Å²) in [5.74, 6) is -0.915. The van der Waals surface area contributed by atoms with Crippen molar-refractivity contribution in [2.75, 3.05) is 0 Å². The lowest BCUT2D eigenvalue weighted by Crippen LogP contribution is -1.85. The van der Waals surface area contributed by atoms with Crippen LogP contribution in [0.2, 0.25) is 0 Å². The smallest absolute Gasteiger partial charge is 0.328 e. The number of aliphatic carboxylic acids is 1. The van der Waals surface area contributed by atoms with E-state index in [1.165, 1.54) is 0 Å². The Labute approximate surface area is 72.9 Å². The third-order valence-corrected chi connectivity index (χ3v) is 1.22. The average molecular weight is 166 g/mol. The first-order valence-corrected chi connectivity index (χ1v) is 3.91. The van der Waals surface area contributed by atoms with Gasteiger partial charge in [0.2, 0.25) is 0 Å². The van der Waals surface area contributed by atoms with Crippen LogP contribution in [0, 0.1) is 0 Å². The topological polar surface area (TPSA) is 37.3 Å². The van der Waals surface area contributed by atoms with Crippen LogP contribution in [0.5, 0.6) is 0 Å². The molecule has 0 aliphatic heterocycles. The number of carboxylic acids is 1. The maximum atomic E-state index is 10.1. The molecule has 0 bridgehead atoms. The van der Waals surface area contributed by atoms with Crippen LogP contribution in [0.25, 0.3) is 0 Å². The molecule has 0 aromatic heterocycles. The maximum Gasteiger partial charge on any atom is 0.328 e. The Morgan fingerprint density at radius 1 is 1.42 bits per heavy atom. The summed E-state index contributed by atoms with van der Waals surface area (Å²) in [6, 6.07) is 0. The standard InChI is InChI=1S/C10H14O2/c1-3-4-5-6-9(2)7-8-10(11)12/h4-8H,3H2,1-2H3,(H,11,12)/b5-4+,8-7+,9-6+. The Balaban J connectivity index is 4.02. The highest BCUT2D eigenvalue weighted by molar-refractivity contribution is 5.80. The van der Waals surface area contributed by atoms with Crippen LogP contribution in [-0.4, -0.2) is 11.1 Å². The van der Waals surface area contributed by atoms with E-state index in [1.54, 1.807) is 6.08 Å². The molecule has 0 fully saturated rings. The minimum absolute atomic E-state index is 0.915. The number of allylic oxidation sites excluding steroid dienone is 5. The number of rotatable bonds is 4. The van der Waals surface area contributed by atoms with E-state index < -0.39 is 5.97 Å². The van der Waals surface area contributed by atoms with E-state index in [0.29, 0.717) is 0 Å². The Bertz CT molecular complexity index is 222. The van der Waals surface area contributed by atoms with Gasteiger partial charge < -0.3 is 5.11 Å². The van der Waals surface area contributed by atoms with Crippen molar-refractivity contribution < 1.29 is 9.90 Å². The highest BCUT2D eigenvalue weighted by Gasteiger charge is 1.84. The molecule has 0 atom stereocenters. The Morgan fingerprint density at radius 2 is 2.08 bits per heavy atom. The molecular formula is C10H14O2. The molecule has 12 heavy (non-hydrogen) atoms. The largest absolute Gasteiger partial charge is 0.478 e. The first kappa shape index (κ1) is 10.7. The molecular weight excluding hydrogens is 152 g/mol. The van der Waals surface area contributed by atoms with E-state index in [4.69, 9.17) is 5.11 Å². The molecule has 0 aliphatic carbocycles. The maximum absolute atomic E-state index is 10.1.